The Morgan fingerprint density at radius 2 is 1.74 bits per heavy atom. The summed E-state index contributed by atoms with van der Waals surface area (Å²) in [7, 11) is 0. The van der Waals surface area contributed by atoms with Gasteiger partial charge in [0, 0.05) is 6.54 Å². The lowest BCUT2D eigenvalue weighted by molar-refractivity contribution is 0.581. The first-order chi connectivity index (χ1) is 9.29. The van der Waals surface area contributed by atoms with Crippen LogP contribution in [0.5, 0.6) is 0 Å². The predicted octanol–water partition coefficient (Wildman–Crippen LogP) is 4.88. The van der Waals surface area contributed by atoms with Crippen molar-refractivity contribution in [3.8, 4) is 6.07 Å². The maximum Gasteiger partial charge on any atom is 0.127 e. The molecule has 0 unspecified atom stereocenters. The lowest BCUT2D eigenvalue weighted by Crippen LogP contribution is -2.01. The summed E-state index contributed by atoms with van der Waals surface area (Å²) in [6, 6.07) is 2.21. The minimum Gasteiger partial charge on any atom is -0.375 e. The fraction of sp³-hybridized carbons (Fsp3) is 0.733. The molecule has 0 spiro atoms. The summed E-state index contributed by atoms with van der Waals surface area (Å²) in [6.07, 6.45) is 10.6. The van der Waals surface area contributed by atoms with Crippen LogP contribution in [0.25, 0.3) is 0 Å². The molecule has 0 fully saturated rings. The zero-order valence-electron chi connectivity index (χ0n) is 12.2. The van der Waals surface area contributed by atoms with Crippen molar-refractivity contribution in [3.05, 3.63) is 11.3 Å². The van der Waals surface area contributed by atoms with E-state index in [1.54, 1.807) is 0 Å². The van der Waals surface area contributed by atoms with Gasteiger partial charge in [0.25, 0.3) is 0 Å². The van der Waals surface area contributed by atoms with Crippen molar-refractivity contribution < 1.29 is 0 Å². The molecule has 0 aromatic carbocycles. The Bertz CT molecular complexity index is 393. The third-order valence-electron chi connectivity index (χ3n) is 3.29. The Labute approximate surface area is 121 Å². The van der Waals surface area contributed by atoms with Gasteiger partial charge in [-0.25, -0.2) is 0 Å². The van der Waals surface area contributed by atoms with E-state index in [0.717, 1.165) is 17.2 Å². The maximum absolute atomic E-state index is 9.01. The number of aromatic nitrogens is 1. The molecular weight excluding hydrogens is 254 g/mol. The normalized spacial score (nSPS) is 10.4. The van der Waals surface area contributed by atoms with Gasteiger partial charge in [-0.1, -0.05) is 51.9 Å². The number of nitrogens with zero attached hydrogens (tertiary/aromatic N) is 2. The van der Waals surface area contributed by atoms with Gasteiger partial charge in [0.2, 0.25) is 0 Å². The summed E-state index contributed by atoms with van der Waals surface area (Å²) >= 11 is 1.39. The lowest BCUT2D eigenvalue weighted by atomic mass is 10.1. The lowest BCUT2D eigenvalue weighted by Gasteiger charge is -2.04. The van der Waals surface area contributed by atoms with Crippen LogP contribution in [0.3, 0.4) is 0 Å². The van der Waals surface area contributed by atoms with Crippen molar-refractivity contribution in [1.29, 1.82) is 5.26 Å². The van der Waals surface area contributed by atoms with Crippen LogP contribution in [0.2, 0.25) is 0 Å². The van der Waals surface area contributed by atoms with Crippen molar-refractivity contribution in [2.45, 2.75) is 65.2 Å². The van der Waals surface area contributed by atoms with Crippen LogP contribution in [-0.2, 0) is 0 Å². The summed E-state index contributed by atoms with van der Waals surface area (Å²) in [4.78, 5) is 0. The molecule has 0 aliphatic rings. The van der Waals surface area contributed by atoms with Crippen LogP contribution in [0.1, 0.15) is 69.5 Å². The summed E-state index contributed by atoms with van der Waals surface area (Å²) in [6.45, 7) is 5.09. The van der Waals surface area contributed by atoms with Crippen LogP contribution in [-0.4, -0.2) is 10.9 Å². The molecule has 0 saturated carbocycles. The van der Waals surface area contributed by atoms with Gasteiger partial charge in [-0.3, -0.25) is 0 Å². The second-order valence-corrected chi connectivity index (χ2v) is 5.76. The fourth-order valence-electron chi connectivity index (χ4n) is 2.08. The average molecular weight is 279 g/mol. The molecule has 1 aromatic rings. The second kappa shape index (κ2) is 9.80. The number of nitrogens with one attached hydrogen (secondary N) is 1. The summed E-state index contributed by atoms with van der Waals surface area (Å²) in [5, 5.41) is 13.3. The molecule has 0 bridgehead atoms. The van der Waals surface area contributed by atoms with Gasteiger partial charge in [0.1, 0.15) is 16.6 Å². The van der Waals surface area contributed by atoms with Crippen molar-refractivity contribution in [1.82, 2.24) is 4.37 Å². The van der Waals surface area contributed by atoms with E-state index < -0.39 is 0 Å². The molecule has 4 heteroatoms. The first kappa shape index (κ1) is 16.0. The zero-order chi connectivity index (χ0) is 13.9. The van der Waals surface area contributed by atoms with E-state index in [0.29, 0.717) is 5.56 Å². The monoisotopic (exact) mass is 279 g/mol. The largest absolute Gasteiger partial charge is 0.375 e. The molecule has 1 heterocycles. The molecule has 106 valence electrons. The zero-order valence-corrected chi connectivity index (χ0v) is 13.0. The number of nitriles is 1. The van der Waals surface area contributed by atoms with E-state index in [9.17, 15) is 0 Å². The Hall–Kier alpha value is -1.08. The van der Waals surface area contributed by atoms with Gasteiger partial charge in [-0.15, -0.1) is 0 Å². The minimum atomic E-state index is 0.713. The van der Waals surface area contributed by atoms with Gasteiger partial charge in [0.05, 0.1) is 5.69 Å². The summed E-state index contributed by atoms with van der Waals surface area (Å²) in [5.41, 5.74) is 1.55. The van der Waals surface area contributed by atoms with Crippen molar-refractivity contribution in [2.75, 3.05) is 11.9 Å². The molecule has 1 aromatic heterocycles. The van der Waals surface area contributed by atoms with Crippen LogP contribution in [0.4, 0.5) is 5.00 Å². The molecule has 0 aliphatic carbocycles. The number of anilines is 1. The number of rotatable bonds is 10. The number of hydrogen-bond acceptors (Lipinski definition) is 4. The summed E-state index contributed by atoms with van der Waals surface area (Å²) < 4.78 is 4.20. The Morgan fingerprint density at radius 3 is 2.37 bits per heavy atom. The molecule has 0 aliphatic heterocycles. The molecular formula is C15H25N3S. The van der Waals surface area contributed by atoms with Gasteiger partial charge in [0.15, 0.2) is 0 Å². The highest BCUT2D eigenvalue weighted by Gasteiger charge is 2.08. The van der Waals surface area contributed by atoms with Crippen molar-refractivity contribution >= 4 is 16.5 Å². The smallest absolute Gasteiger partial charge is 0.127 e. The SMILES string of the molecule is CCCCCCCCCCNc1snc(C)c1C#N. The molecule has 19 heavy (non-hydrogen) atoms. The van der Waals surface area contributed by atoms with Gasteiger partial charge < -0.3 is 5.32 Å². The van der Waals surface area contributed by atoms with Gasteiger partial charge >= 0.3 is 0 Å². The fourth-order valence-corrected chi connectivity index (χ4v) is 2.85. The summed E-state index contributed by atoms with van der Waals surface area (Å²) in [5.74, 6) is 0. The minimum absolute atomic E-state index is 0.713. The first-order valence-corrected chi connectivity index (χ1v) is 8.17. The van der Waals surface area contributed by atoms with Crippen LogP contribution in [0.15, 0.2) is 0 Å². The number of aryl methyl sites for hydroxylation is 1. The van der Waals surface area contributed by atoms with E-state index in [1.807, 2.05) is 6.92 Å². The van der Waals surface area contributed by atoms with Crippen molar-refractivity contribution in [3.63, 3.8) is 0 Å². The quantitative estimate of drug-likeness (QED) is 0.621. The molecule has 0 atom stereocenters. The predicted molar refractivity (Wildman–Crippen MR) is 82.7 cm³/mol. The maximum atomic E-state index is 9.01. The topological polar surface area (TPSA) is 48.7 Å². The number of hydrogen-bond donors (Lipinski definition) is 1. The molecule has 1 rings (SSSR count). The highest BCUT2D eigenvalue weighted by atomic mass is 32.1. The van der Waals surface area contributed by atoms with Crippen molar-refractivity contribution in [2.24, 2.45) is 0 Å². The highest BCUT2D eigenvalue weighted by molar-refractivity contribution is 7.10. The third-order valence-corrected chi connectivity index (χ3v) is 4.19. The molecule has 1 N–H and O–H groups in total. The standard InChI is InChI=1S/C15H25N3S/c1-3-4-5-6-7-8-9-10-11-17-15-14(12-16)13(2)18-19-15/h17H,3-11H2,1-2H3. The second-order valence-electron chi connectivity index (χ2n) is 4.99. The third kappa shape index (κ3) is 6.07. The number of unbranched alkanes of at least 4 members (excludes halogenated alkanes) is 7. The van der Waals surface area contributed by atoms with E-state index in [4.69, 9.17) is 5.26 Å². The van der Waals surface area contributed by atoms with Crippen LogP contribution >= 0.6 is 11.5 Å². The molecule has 0 radical (unpaired) electrons. The molecule has 3 nitrogen and oxygen atoms in total. The van der Waals surface area contributed by atoms with E-state index in [2.05, 4.69) is 22.7 Å². The molecule has 0 amide bonds. The van der Waals surface area contributed by atoms with Crippen LogP contribution < -0.4 is 5.32 Å². The van der Waals surface area contributed by atoms with Gasteiger partial charge in [-0.05, 0) is 24.9 Å². The van der Waals surface area contributed by atoms with E-state index in [-0.39, 0.29) is 0 Å². The Kier molecular flexibility index (Phi) is 8.24. The van der Waals surface area contributed by atoms with E-state index >= 15 is 0 Å². The van der Waals surface area contributed by atoms with Crippen LogP contribution in [0, 0.1) is 18.3 Å². The first-order valence-electron chi connectivity index (χ1n) is 7.39. The Morgan fingerprint density at radius 1 is 1.11 bits per heavy atom. The average Bonchev–Trinajstić information content (AvgIpc) is 2.77. The van der Waals surface area contributed by atoms with E-state index in [1.165, 1.54) is 62.9 Å². The molecule has 0 saturated heterocycles. The Balaban J connectivity index is 2.03. The highest BCUT2D eigenvalue weighted by Crippen LogP contribution is 2.23. The van der Waals surface area contributed by atoms with Gasteiger partial charge in [-0.2, -0.15) is 9.64 Å².